The van der Waals surface area contributed by atoms with E-state index in [2.05, 4.69) is 10.5 Å². The molecule has 0 aliphatic heterocycles. The van der Waals surface area contributed by atoms with E-state index in [0.29, 0.717) is 28.5 Å². The SMILES string of the molecule is CCOc1cc(C=NNC(=O)COc2ccccc2[N+](=O)[O-])ccc1OC(=O)c1ccc(Cl)cc1. The van der Waals surface area contributed by atoms with Gasteiger partial charge in [-0.3, -0.25) is 14.9 Å². The van der Waals surface area contributed by atoms with Crippen LogP contribution < -0.4 is 19.6 Å². The second-order valence-electron chi connectivity index (χ2n) is 6.84. The minimum Gasteiger partial charge on any atom is -0.490 e. The molecule has 3 aromatic rings. The molecule has 0 unspecified atom stereocenters. The van der Waals surface area contributed by atoms with Crippen molar-refractivity contribution in [3.8, 4) is 17.2 Å². The third-order valence-electron chi connectivity index (χ3n) is 4.37. The van der Waals surface area contributed by atoms with Crippen LogP contribution in [0.25, 0.3) is 0 Å². The lowest BCUT2D eigenvalue weighted by molar-refractivity contribution is -0.385. The van der Waals surface area contributed by atoms with Crippen molar-refractivity contribution >= 4 is 35.4 Å². The maximum atomic E-state index is 12.4. The standard InChI is InChI=1S/C24H20ClN3O7/c1-2-33-22-13-16(7-12-21(22)35-24(30)17-8-10-18(25)11-9-17)14-26-27-23(29)15-34-20-6-4-3-5-19(20)28(31)32/h3-14H,2,15H2,1H3,(H,27,29). The van der Waals surface area contributed by atoms with Gasteiger partial charge in [0.2, 0.25) is 0 Å². The zero-order valence-corrected chi connectivity index (χ0v) is 19.2. The number of nitrogens with zero attached hydrogens (tertiary/aromatic N) is 2. The Labute approximate surface area is 205 Å². The van der Waals surface area contributed by atoms with Crippen LogP contribution in [0.1, 0.15) is 22.8 Å². The number of amides is 1. The average molecular weight is 498 g/mol. The van der Waals surface area contributed by atoms with Crippen molar-refractivity contribution in [2.45, 2.75) is 6.92 Å². The van der Waals surface area contributed by atoms with Crippen molar-refractivity contribution in [3.05, 3.63) is 93.0 Å². The van der Waals surface area contributed by atoms with Gasteiger partial charge in [-0.15, -0.1) is 0 Å². The number of nitro groups is 1. The zero-order chi connectivity index (χ0) is 25.2. The normalized spacial score (nSPS) is 10.6. The quantitative estimate of drug-likeness (QED) is 0.144. The molecule has 10 nitrogen and oxygen atoms in total. The van der Waals surface area contributed by atoms with E-state index in [0.717, 1.165) is 0 Å². The Kier molecular flexibility index (Phi) is 8.74. The Hall–Kier alpha value is -4.44. The molecule has 1 amide bonds. The van der Waals surface area contributed by atoms with Crippen molar-refractivity contribution in [1.82, 2.24) is 5.43 Å². The van der Waals surface area contributed by atoms with Gasteiger partial charge in [0.15, 0.2) is 23.9 Å². The molecular formula is C24H20ClN3O7. The number of carbonyl (C=O) groups is 2. The minimum atomic E-state index is -0.613. The van der Waals surface area contributed by atoms with Crippen LogP contribution in [0.3, 0.4) is 0 Å². The number of hydrogen-bond acceptors (Lipinski definition) is 8. The predicted molar refractivity (Wildman–Crippen MR) is 128 cm³/mol. The first kappa shape index (κ1) is 25.2. The number of hydrogen-bond donors (Lipinski definition) is 1. The number of nitrogens with one attached hydrogen (secondary N) is 1. The van der Waals surface area contributed by atoms with E-state index in [-0.39, 0.29) is 17.2 Å². The summed E-state index contributed by atoms with van der Waals surface area (Å²) in [5.74, 6) is -0.690. The van der Waals surface area contributed by atoms with Gasteiger partial charge in [-0.2, -0.15) is 5.10 Å². The number of carbonyl (C=O) groups excluding carboxylic acids is 2. The van der Waals surface area contributed by atoms with E-state index >= 15 is 0 Å². The van der Waals surface area contributed by atoms with E-state index in [1.54, 1.807) is 55.5 Å². The molecule has 3 aromatic carbocycles. The van der Waals surface area contributed by atoms with Crippen LogP contribution in [0.15, 0.2) is 71.8 Å². The molecule has 35 heavy (non-hydrogen) atoms. The van der Waals surface area contributed by atoms with Gasteiger partial charge >= 0.3 is 11.7 Å². The molecule has 1 N–H and O–H groups in total. The Balaban J connectivity index is 1.60. The summed E-state index contributed by atoms with van der Waals surface area (Å²) in [5, 5.41) is 15.3. The van der Waals surface area contributed by atoms with Crippen LogP contribution in [0.2, 0.25) is 5.02 Å². The van der Waals surface area contributed by atoms with Crippen LogP contribution >= 0.6 is 11.6 Å². The van der Waals surface area contributed by atoms with Gasteiger partial charge in [-0.1, -0.05) is 23.7 Å². The first-order valence-corrected chi connectivity index (χ1v) is 10.7. The fourth-order valence-corrected chi connectivity index (χ4v) is 2.91. The van der Waals surface area contributed by atoms with Crippen LogP contribution in [0.5, 0.6) is 17.2 Å². The molecule has 0 aliphatic carbocycles. The molecule has 11 heteroatoms. The lowest BCUT2D eigenvalue weighted by Crippen LogP contribution is -2.24. The number of hydrazone groups is 1. The number of esters is 1. The van der Waals surface area contributed by atoms with E-state index in [1.807, 2.05) is 0 Å². The molecule has 0 aliphatic rings. The Bertz CT molecular complexity index is 1250. The number of halogens is 1. The third kappa shape index (κ3) is 7.27. The minimum absolute atomic E-state index is 0.0262. The lowest BCUT2D eigenvalue weighted by atomic mass is 10.2. The van der Waals surface area contributed by atoms with E-state index in [9.17, 15) is 19.7 Å². The van der Waals surface area contributed by atoms with Gasteiger partial charge in [0, 0.05) is 11.1 Å². The summed E-state index contributed by atoms with van der Waals surface area (Å²) in [6.07, 6.45) is 1.36. The molecular weight excluding hydrogens is 478 g/mol. The Morgan fingerprint density at radius 1 is 1.03 bits per heavy atom. The van der Waals surface area contributed by atoms with Crippen LogP contribution in [0, 0.1) is 10.1 Å². The summed E-state index contributed by atoms with van der Waals surface area (Å²) in [5.41, 5.74) is 2.91. The van der Waals surface area contributed by atoms with Gasteiger partial charge in [0.25, 0.3) is 5.91 Å². The maximum Gasteiger partial charge on any atom is 0.343 e. The van der Waals surface area contributed by atoms with Gasteiger partial charge in [0.1, 0.15) is 0 Å². The Morgan fingerprint density at radius 3 is 2.49 bits per heavy atom. The summed E-state index contributed by atoms with van der Waals surface area (Å²) >= 11 is 5.84. The first-order chi connectivity index (χ1) is 16.9. The highest BCUT2D eigenvalue weighted by molar-refractivity contribution is 6.30. The van der Waals surface area contributed by atoms with Crippen molar-refractivity contribution in [3.63, 3.8) is 0 Å². The number of ether oxygens (including phenoxy) is 3. The number of para-hydroxylation sites is 2. The molecule has 0 heterocycles. The molecule has 0 bridgehead atoms. The van der Waals surface area contributed by atoms with Crippen molar-refractivity contribution in [2.75, 3.05) is 13.2 Å². The van der Waals surface area contributed by atoms with E-state index in [1.165, 1.54) is 24.4 Å². The fraction of sp³-hybridized carbons (Fsp3) is 0.125. The second kappa shape index (κ2) is 12.1. The number of rotatable bonds is 10. The van der Waals surface area contributed by atoms with Crippen molar-refractivity contribution in [2.24, 2.45) is 5.10 Å². The molecule has 0 atom stereocenters. The molecule has 0 saturated carbocycles. The summed E-state index contributed by atoms with van der Waals surface area (Å²) in [6, 6.07) is 16.7. The van der Waals surface area contributed by atoms with Crippen molar-refractivity contribution in [1.29, 1.82) is 0 Å². The highest BCUT2D eigenvalue weighted by Crippen LogP contribution is 2.29. The maximum absolute atomic E-state index is 12.4. The first-order valence-electron chi connectivity index (χ1n) is 10.3. The van der Waals surface area contributed by atoms with E-state index < -0.39 is 23.4 Å². The largest absolute Gasteiger partial charge is 0.490 e. The molecule has 3 rings (SSSR count). The summed E-state index contributed by atoms with van der Waals surface area (Å²) in [6.45, 7) is 1.64. The van der Waals surface area contributed by atoms with Gasteiger partial charge in [-0.05, 0) is 61.0 Å². The predicted octanol–water partition coefficient (Wildman–Crippen LogP) is 4.40. The smallest absolute Gasteiger partial charge is 0.343 e. The molecule has 180 valence electrons. The molecule has 0 saturated heterocycles. The van der Waals surface area contributed by atoms with Gasteiger partial charge < -0.3 is 14.2 Å². The number of benzene rings is 3. The summed E-state index contributed by atoms with van der Waals surface area (Å²) in [7, 11) is 0. The van der Waals surface area contributed by atoms with Crippen molar-refractivity contribution < 1.29 is 28.7 Å². The lowest BCUT2D eigenvalue weighted by Gasteiger charge is -2.11. The fourth-order valence-electron chi connectivity index (χ4n) is 2.79. The van der Waals surface area contributed by atoms with Crippen LogP contribution in [0.4, 0.5) is 5.69 Å². The molecule has 0 radical (unpaired) electrons. The van der Waals surface area contributed by atoms with E-state index in [4.69, 9.17) is 25.8 Å². The monoisotopic (exact) mass is 497 g/mol. The topological polar surface area (TPSA) is 129 Å². The zero-order valence-electron chi connectivity index (χ0n) is 18.5. The molecule has 0 aromatic heterocycles. The Morgan fingerprint density at radius 2 is 1.77 bits per heavy atom. The second-order valence-corrected chi connectivity index (χ2v) is 7.28. The highest BCUT2D eigenvalue weighted by atomic mass is 35.5. The third-order valence-corrected chi connectivity index (χ3v) is 4.63. The summed E-state index contributed by atoms with van der Waals surface area (Å²) < 4.78 is 16.2. The molecule has 0 fully saturated rings. The average Bonchev–Trinajstić information content (AvgIpc) is 2.85. The highest BCUT2D eigenvalue weighted by Gasteiger charge is 2.15. The number of nitro benzene ring substituents is 1. The summed E-state index contributed by atoms with van der Waals surface area (Å²) in [4.78, 5) is 34.8. The van der Waals surface area contributed by atoms with Gasteiger partial charge in [0.05, 0.1) is 23.3 Å². The van der Waals surface area contributed by atoms with Crippen LogP contribution in [-0.2, 0) is 4.79 Å². The molecule has 0 spiro atoms. The van der Waals surface area contributed by atoms with Gasteiger partial charge in [-0.25, -0.2) is 10.2 Å². The van der Waals surface area contributed by atoms with Crippen LogP contribution in [-0.4, -0.2) is 36.2 Å².